The minimum atomic E-state index is 0. The third kappa shape index (κ3) is 3.87. The van der Waals surface area contributed by atoms with Crippen molar-refractivity contribution in [2.75, 3.05) is 19.7 Å². The van der Waals surface area contributed by atoms with Crippen molar-refractivity contribution in [2.45, 2.75) is 39.3 Å². The molecule has 0 aliphatic carbocycles. The van der Waals surface area contributed by atoms with E-state index in [0.29, 0.717) is 6.23 Å². The number of hydrogen-bond acceptors (Lipinski definition) is 2. The van der Waals surface area contributed by atoms with Crippen LogP contribution in [0.1, 0.15) is 33.1 Å². The van der Waals surface area contributed by atoms with Gasteiger partial charge in [-0.15, -0.1) is 17.0 Å². The van der Waals surface area contributed by atoms with Crippen LogP contribution in [-0.2, 0) is 4.74 Å². The minimum absolute atomic E-state index is 0. The zero-order valence-corrected chi connectivity index (χ0v) is 9.80. The zero-order chi connectivity index (χ0) is 8.10. The summed E-state index contributed by atoms with van der Waals surface area (Å²) in [5, 5.41) is 0. The maximum Gasteiger partial charge on any atom is 0.107 e. The fourth-order valence-corrected chi connectivity index (χ4v) is 1.63. The molecule has 0 spiro atoms. The van der Waals surface area contributed by atoms with Gasteiger partial charge >= 0.3 is 0 Å². The highest BCUT2D eigenvalue weighted by Gasteiger charge is 2.15. The Kier molecular flexibility index (Phi) is 7.10. The van der Waals surface area contributed by atoms with Crippen LogP contribution in [0.2, 0.25) is 0 Å². The van der Waals surface area contributed by atoms with Crippen LogP contribution in [0.3, 0.4) is 0 Å². The summed E-state index contributed by atoms with van der Waals surface area (Å²) in [6, 6.07) is 0. The van der Waals surface area contributed by atoms with Crippen molar-refractivity contribution in [3.05, 3.63) is 0 Å². The molecule has 0 aromatic carbocycles. The van der Waals surface area contributed by atoms with Crippen molar-refractivity contribution in [3.8, 4) is 0 Å². The fraction of sp³-hybridized carbons (Fsp3) is 1.00. The van der Waals surface area contributed by atoms with Crippen LogP contribution in [-0.4, -0.2) is 30.8 Å². The highest BCUT2D eigenvalue weighted by Crippen LogP contribution is 2.12. The van der Waals surface area contributed by atoms with Crippen molar-refractivity contribution in [1.29, 1.82) is 0 Å². The molecule has 74 valence electrons. The SMILES string of the molecule is Br.CCOC(C)N1CCCCC1. The van der Waals surface area contributed by atoms with Crippen LogP contribution in [0.25, 0.3) is 0 Å². The summed E-state index contributed by atoms with van der Waals surface area (Å²) in [5.41, 5.74) is 0. The fourth-order valence-electron chi connectivity index (χ4n) is 1.63. The molecule has 2 nitrogen and oxygen atoms in total. The van der Waals surface area contributed by atoms with E-state index in [1.54, 1.807) is 0 Å². The van der Waals surface area contributed by atoms with E-state index < -0.39 is 0 Å². The van der Waals surface area contributed by atoms with E-state index in [1.807, 2.05) is 0 Å². The van der Waals surface area contributed by atoms with Gasteiger partial charge in [0.15, 0.2) is 0 Å². The lowest BCUT2D eigenvalue weighted by Gasteiger charge is -2.31. The minimum Gasteiger partial charge on any atom is -0.364 e. The first-order chi connectivity index (χ1) is 5.34. The Balaban J connectivity index is 0.00000121. The van der Waals surface area contributed by atoms with Crippen molar-refractivity contribution >= 4 is 17.0 Å². The summed E-state index contributed by atoms with van der Waals surface area (Å²) in [7, 11) is 0. The van der Waals surface area contributed by atoms with E-state index in [1.165, 1.54) is 32.4 Å². The van der Waals surface area contributed by atoms with Gasteiger partial charge in [0.1, 0.15) is 6.23 Å². The van der Waals surface area contributed by atoms with Gasteiger partial charge in [0, 0.05) is 19.7 Å². The smallest absolute Gasteiger partial charge is 0.107 e. The van der Waals surface area contributed by atoms with Crippen LogP contribution in [0.4, 0.5) is 0 Å². The molecule has 0 amide bonds. The molecule has 1 aliphatic heterocycles. The van der Waals surface area contributed by atoms with Gasteiger partial charge in [-0.3, -0.25) is 4.90 Å². The highest BCUT2D eigenvalue weighted by molar-refractivity contribution is 8.93. The molecule has 0 aromatic rings. The lowest BCUT2D eigenvalue weighted by Crippen LogP contribution is -2.38. The standard InChI is InChI=1S/C9H19NO.BrH/c1-3-11-9(2)10-7-5-4-6-8-10;/h9H,3-8H2,1-2H3;1H. The van der Waals surface area contributed by atoms with Crippen molar-refractivity contribution in [2.24, 2.45) is 0 Å². The van der Waals surface area contributed by atoms with Gasteiger partial charge in [0.05, 0.1) is 0 Å². The lowest BCUT2D eigenvalue weighted by atomic mass is 10.1. The van der Waals surface area contributed by atoms with Crippen LogP contribution < -0.4 is 0 Å². The van der Waals surface area contributed by atoms with Gasteiger partial charge in [-0.2, -0.15) is 0 Å². The van der Waals surface area contributed by atoms with Crippen LogP contribution in [0.15, 0.2) is 0 Å². The molecule has 0 N–H and O–H groups in total. The number of likely N-dealkylation sites (tertiary alicyclic amines) is 1. The van der Waals surface area contributed by atoms with E-state index >= 15 is 0 Å². The Labute approximate surface area is 86.0 Å². The van der Waals surface area contributed by atoms with E-state index in [2.05, 4.69) is 18.7 Å². The van der Waals surface area contributed by atoms with E-state index in [9.17, 15) is 0 Å². The summed E-state index contributed by atoms with van der Waals surface area (Å²) < 4.78 is 5.51. The molecule has 1 heterocycles. The summed E-state index contributed by atoms with van der Waals surface area (Å²) in [6.07, 6.45) is 4.42. The maximum atomic E-state index is 5.51. The Hall–Kier alpha value is 0.400. The number of halogens is 1. The second-order valence-corrected chi connectivity index (χ2v) is 3.15. The molecule has 0 bridgehead atoms. The van der Waals surface area contributed by atoms with Gasteiger partial charge in [0.25, 0.3) is 0 Å². The van der Waals surface area contributed by atoms with Crippen LogP contribution >= 0.6 is 17.0 Å². The Morgan fingerprint density at radius 1 is 1.25 bits per heavy atom. The van der Waals surface area contributed by atoms with Crippen molar-refractivity contribution < 1.29 is 4.74 Å². The summed E-state index contributed by atoms with van der Waals surface area (Å²) in [6.45, 7) is 7.48. The number of ether oxygens (including phenoxy) is 1. The Morgan fingerprint density at radius 2 is 1.83 bits per heavy atom. The summed E-state index contributed by atoms with van der Waals surface area (Å²) in [5.74, 6) is 0. The normalized spacial score (nSPS) is 21.5. The van der Waals surface area contributed by atoms with Gasteiger partial charge in [-0.25, -0.2) is 0 Å². The number of piperidine rings is 1. The molecule has 12 heavy (non-hydrogen) atoms. The predicted octanol–water partition coefficient (Wildman–Crippen LogP) is 2.43. The zero-order valence-electron chi connectivity index (χ0n) is 8.08. The molecule has 0 aromatic heterocycles. The molecule has 0 radical (unpaired) electrons. The first kappa shape index (κ1) is 12.4. The molecule has 0 saturated carbocycles. The molecule has 1 atom stereocenters. The third-order valence-electron chi connectivity index (χ3n) is 2.31. The van der Waals surface area contributed by atoms with E-state index in [4.69, 9.17) is 4.74 Å². The molecule has 3 heteroatoms. The quantitative estimate of drug-likeness (QED) is 0.748. The third-order valence-corrected chi connectivity index (χ3v) is 2.31. The predicted molar refractivity (Wildman–Crippen MR) is 56.8 cm³/mol. The molecular weight excluding hydrogens is 218 g/mol. The number of rotatable bonds is 3. The first-order valence-corrected chi connectivity index (χ1v) is 4.70. The van der Waals surface area contributed by atoms with Gasteiger partial charge < -0.3 is 4.74 Å². The topological polar surface area (TPSA) is 12.5 Å². The largest absolute Gasteiger partial charge is 0.364 e. The molecule has 1 saturated heterocycles. The molecule has 1 rings (SSSR count). The molecule has 1 unspecified atom stereocenters. The molecular formula is C9H20BrNO. The molecule has 1 aliphatic rings. The highest BCUT2D eigenvalue weighted by atomic mass is 79.9. The maximum absolute atomic E-state index is 5.51. The average molecular weight is 238 g/mol. The summed E-state index contributed by atoms with van der Waals surface area (Å²) in [4.78, 5) is 2.42. The van der Waals surface area contributed by atoms with Crippen LogP contribution in [0.5, 0.6) is 0 Å². The first-order valence-electron chi connectivity index (χ1n) is 4.70. The van der Waals surface area contributed by atoms with Gasteiger partial charge in [-0.1, -0.05) is 6.42 Å². The molecule has 1 fully saturated rings. The summed E-state index contributed by atoms with van der Waals surface area (Å²) >= 11 is 0. The number of nitrogens with zero attached hydrogens (tertiary/aromatic N) is 1. The van der Waals surface area contributed by atoms with E-state index in [-0.39, 0.29) is 17.0 Å². The second-order valence-electron chi connectivity index (χ2n) is 3.15. The monoisotopic (exact) mass is 237 g/mol. The number of hydrogen-bond donors (Lipinski definition) is 0. The van der Waals surface area contributed by atoms with Crippen molar-refractivity contribution in [3.63, 3.8) is 0 Å². The van der Waals surface area contributed by atoms with Gasteiger partial charge in [0.2, 0.25) is 0 Å². The average Bonchev–Trinajstić information content (AvgIpc) is 2.07. The Morgan fingerprint density at radius 3 is 2.33 bits per heavy atom. The lowest BCUT2D eigenvalue weighted by molar-refractivity contribution is -0.0496. The van der Waals surface area contributed by atoms with Gasteiger partial charge in [-0.05, 0) is 26.7 Å². The van der Waals surface area contributed by atoms with E-state index in [0.717, 1.165) is 6.61 Å². The van der Waals surface area contributed by atoms with Crippen LogP contribution in [0, 0.1) is 0 Å². The Bertz CT molecular complexity index is 105. The van der Waals surface area contributed by atoms with Crippen molar-refractivity contribution in [1.82, 2.24) is 4.90 Å². The second kappa shape index (κ2) is 6.87.